The van der Waals surface area contributed by atoms with Crippen LogP contribution in [-0.2, 0) is 5.88 Å². The lowest BCUT2D eigenvalue weighted by molar-refractivity contribution is 0.335. The van der Waals surface area contributed by atoms with Gasteiger partial charge in [-0.25, -0.2) is 4.98 Å². The predicted molar refractivity (Wildman–Crippen MR) is 56.3 cm³/mol. The molecule has 0 amide bonds. The number of alkyl halides is 1. The summed E-state index contributed by atoms with van der Waals surface area (Å²) in [6.45, 7) is 2.31. The maximum Gasteiger partial charge on any atom is 0.153 e. The summed E-state index contributed by atoms with van der Waals surface area (Å²) >= 11 is 5.67. The summed E-state index contributed by atoms with van der Waals surface area (Å²) in [5.74, 6) is 3.54. The highest BCUT2D eigenvalue weighted by molar-refractivity contribution is 6.16. The van der Waals surface area contributed by atoms with Gasteiger partial charge >= 0.3 is 0 Å². The molecule has 0 saturated heterocycles. The van der Waals surface area contributed by atoms with E-state index in [0.29, 0.717) is 11.8 Å². The van der Waals surface area contributed by atoms with Gasteiger partial charge < -0.3 is 0 Å². The largest absolute Gasteiger partial charge is 0.262 e. The van der Waals surface area contributed by atoms with Gasteiger partial charge in [0.1, 0.15) is 5.82 Å². The number of nitrogens with one attached hydrogen (secondary N) is 1. The van der Waals surface area contributed by atoms with Crippen molar-refractivity contribution in [1.29, 1.82) is 0 Å². The van der Waals surface area contributed by atoms with E-state index in [0.717, 1.165) is 17.6 Å². The minimum Gasteiger partial charge on any atom is -0.262 e. The molecule has 2 atom stereocenters. The highest BCUT2D eigenvalue weighted by atomic mass is 35.5. The number of aromatic amines is 1. The van der Waals surface area contributed by atoms with E-state index in [4.69, 9.17) is 11.6 Å². The van der Waals surface area contributed by atoms with Gasteiger partial charge in [-0.15, -0.1) is 11.6 Å². The van der Waals surface area contributed by atoms with Crippen molar-refractivity contribution in [2.45, 2.75) is 44.4 Å². The molecule has 1 N–H and O–H groups in total. The number of hydrogen-bond acceptors (Lipinski definition) is 2. The maximum absolute atomic E-state index is 5.67. The lowest BCUT2D eigenvalue weighted by Crippen LogP contribution is -2.12. The molecule has 1 aliphatic rings. The average Bonchev–Trinajstić information content (AvgIpc) is 2.66. The topological polar surface area (TPSA) is 41.6 Å². The normalized spacial score (nSPS) is 27.9. The minimum absolute atomic E-state index is 0.426. The molecule has 0 bridgehead atoms. The Kier molecular flexibility index (Phi) is 3.06. The summed E-state index contributed by atoms with van der Waals surface area (Å²) in [4.78, 5) is 4.39. The Labute approximate surface area is 89.3 Å². The molecule has 3 nitrogen and oxygen atoms in total. The lowest BCUT2D eigenvalue weighted by Gasteiger charge is -2.24. The van der Waals surface area contributed by atoms with Gasteiger partial charge in [-0.1, -0.05) is 19.8 Å². The zero-order valence-corrected chi connectivity index (χ0v) is 9.22. The molecule has 2 unspecified atom stereocenters. The molecule has 1 aliphatic carbocycles. The highest BCUT2D eigenvalue weighted by Crippen LogP contribution is 2.34. The molecular formula is C10H16ClN3. The van der Waals surface area contributed by atoms with E-state index in [2.05, 4.69) is 22.1 Å². The van der Waals surface area contributed by atoms with E-state index < -0.39 is 0 Å². The van der Waals surface area contributed by atoms with Crippen LogP contribution in [0.4, 0.5) is 0 Å². The molecule has 1 saturated carbocycles. The van der Waals surface area contributed by atoms with Gasteiger partial charge in [-0.2, -0.15) is 5.10 Å². The van der Waals surface area contributed by atoms with Crippen molar-refractivity contribution < 1.29 is 0 Å². The Morgan fingerprint density at radius 3 is 3.00 bits per heavy atom. The van der Waals surface area contributed by atoms with Crippen LogP contribution in [0.5, 0.6) is 0 Å². The van der Waals surface area contributed by atoms with Crippen LogP contribution in [0.2, 0.25) is 0 Å². The van der Waals surface area contributed by atoms with Gasteiger partial charge in [0.2, 0.25) is 0 Å². The van der Waals surface area contributed by atoms with Gasteiger partial charge in [0.25, 0.3) is 0 Å². The lowest BCUT2D eigenvalue weighted by atomic mass is 9.82. The monoisotopic (exact) mass is 213 g/mol. The third-order valence-corrected chi connectivity index (χ3v) is 3.23. The predicted octanol–water partition coefficient (Wildman–Crippen LogP) is 2.84. The number of hydrogen-bond donors (Lipinski definition) is 1. The average molecular weight is 214 g/mol. The molecule has 1 heterocycles. The zero-order valence-electron chi connectivity index (χ0n) is 8.46. The van der Waals surface area contributed by atoms with Crippen LogP contribution in [0.3, 0.4) is 0 Å². The molecule has 78 valence electrons. The quantitative estimate of drug-likeness (QED) is 0.768. The van der Waals surface area contributed by atoms with E-state index in [1.807, 2.05) is 0 Å². The first-order chi connectivity index (χ1) is 6.79. The van der Waals surface area contributed by atoms with Crippen molar-refractivity contribution >= 4 is 11.6 Å². The van der Waals surface area contributed by atoms with Crippen molar-refractivity contribution in [3.63, 3.8) is 0 Å². The molecule has 0 aromatic carbocycles. The van der Waals surface area contributed by atoms with Crippen LogP contribution in [0, 0.1) is 5.92 Å². The fraction of sp³-hybridized carbons (Fsp3) is 0.800. The molecule has 1 aromatic rings. The standard InChI is InChI=1S/C10H16ClN3/c1-7-3-2-4-8(5-7)10-12-9(6-11)13-14-10/h7-8H,2-6H2,1H3,(H,12,13,14). The van der Waals surface area contributed by atoms with Crippen molar-refractivity contribution in [2.75, 3.05) is 0 Å². The first kappa shape index (κ1) is 9.97. The van der Waals surface area contributed by atoms with E-state index >= 15 is 0 Å². The van der Waals surface area contributed by atoms with Crippen LogP contribution in [-0.4, -0.2) is 15.2 Å². The zero-order chi connectivity index (χ0) is 9.97. The third kappa shape index (κ3) is 2.08. The van der Waals surface area contributed by atoms with Crippen LogP contribution in [0.15, 0.2) is 0 Å². The number of nitrogens with zero attached hydrogens (tertiary/aromatic N) is 2. The molecule has 0 aliphatic heterocycles. The molecule has 1 fully saturated rings. The second-order valence-corrected chi connectivity index (χ2v) is 4.51. The second kappa shape index (κ2) is 4.30. The van der Waals surface area contributed by atoms with Gasteiger partial charge in [0.15, 0.2) is 5.82 Å². The fourth-order valence-corrected chi connectivity index (χ4v) is 2.34. The molecule has 4 heteroatoms. The molecule has 0 radical (unpaired) electrons. The van der Waals surface area contributed by atoms with Gasteiger partial charge in [0.05, 0.1) is 5.88 Å². The Morgan fingerprint density at radius 2 is 2.36 bits per heavy atom. The number of H-pyrrole nitrogens is 1. The number of aromatic nitrogens is 3. The summed E-state index contributed by atoms with van der Waals surface area (Å²) in [6, 6.07) is 0. The van der Waals surface area contributed by atoms with Crippen molar-refractivity contribution in [3.8, 4) is 0 Å². The van der Waals surface area contributed by atoms with E-state index in [1.54, 1.807) is 0 Å². The summed E-state index contributed by atoms with van der Waals surface area (Å²) < 4.78 is 0. The molecule has 2 rings (SSSR count). The first-order valence-corrected chi connectivity index (χ1v) is 5.80. The molecule has 14 heavy (non-hydrogen) atoms. The van der Waals surface area contributed by atoms with E-state index in [1.165, 1.54) is 25.7 Å². The van der Waals surface area contributed by atoms with Gasteiger partial charge in [-0.05, 0) is 18.8 Å². The third-order valence-electron chi connectivity index (χ3n) is 2.98. The molecule has 1 aromatic heterocycles. The summed E-state index contributed by atoms with van der Waals surface area (Å²) in [5, 5.41) is 7.10. The summed E-state index contributed by atoms with van der Waals surface area (Å²) in [7, 11) is 0. The fourth-order valence-electron chi connectivity index (χ4n) is 2.22. The molecule has 0 spiro atoms. The highest BCUT2D eigenvalue weighted by Gasteiger charge is 2.23. The molecular weight excluding hydrogens is 198 g/mol. The smallest absolute Gasteiger partial charge is 0.153 e. The SMILES string of the molecule is CC1CCCC(c2n[nH]c(CCl)n2)C1. The van der Waals surface area contributed by atoms with Crippen molar-refractivity contribution in [3.05, 3.63) is 11.6 Å². The van der Waals surface area contributed by atoms with Gasteiger partial charge in [0, 0.05) is 5.92 Å². The summed E-state index contributed by atoms with van der Waals surface area (Å²) in [6.07, 6.45) is 5.10. The second-order valence-electron chi connectivity index (χ2n) is 4.24. The Morgan fingerprint density at radius 1 is 1.50 bits per heavy atom. The number of rotatable bonds is 2. The van der Waals surface area contributed by atoms with Crippen LogP contribution in [0.1, 0.15) is 50.2 Å². The first-order valence-electron chi connectivity index (χ1n) is 5.26. The van der Waals surface area contributed by atoms with Gasteiger partial charge in [-0.3, -0.25) is 5.10 Å². The minimum atomic E-state index is 0.426. The van der Waals surface area contributed by atoms with Crippen LogP contribution in [0.25, 0.3) is 0 Å². The van der Waals surface area contributed by atoms with E-state index in [-0.39, 0.29) is 0 Å². The Bertz CT molecular complexity index is 297. The maximum atomic E-state index is 5.67. The van der Waals surface area contributed by atoms with E-state index in [9.17, 15) is 0 Å². The summed E-state index contributed by atoms with van der Waals surface area (Å²) in [5.41, 5.74) is 0. The Hall–Kier alpha value is -0.570. The number of halogens is 1. The van der Waals surface area contributed by atoms with Crippen LogP contribution < -0.4 is 0 Å². The van der Waals surface area contributed by atoms with Crippen molar-refractivity contribution in [2.24, 2.45) is 5.92 Å². The van der Waals surface area contributed by atoms with Crippen molar-refractivity contribution in [1.82, 2.24) is 15.2 Å². The Balaban J connectivity index is 2.06. The van der Waals surface area contributed by atoms with Crippen LogP contribution >= 0.6 is 11.6 Å².